The van der Waals surface area contributed by atoms with Gasteiger partial charge in [-0.3, -0.25) is 9.59 Å². The molecule has 2 N–H and O–H groups in total. The van der Waals surface area contributed by atoms with Gasteiger partial charge in [0.15, 0.2) is 0 Å². The van der Waals surface area contributed by atoms with E-state index >= 15 is 0 Å². The first-order valence-electron chi connectivity index (χ1n) is 8.19. The molecule has 0 aromatic rings. The van der Waals surface area contributed by atoms with E-state index in [1.54, 1.807) is 7.05 Å². The lowest BCUT2D eigenvalue weighted by molar-refractivity contribution is -0.137. The summed E-state index contributed by atoms with van der Waals surface area (Å²) in [6, 6.07) is -0.693. The third-order valence-electron chi connectivity index (χ3n) is 3.76. The molecular formula is C16H33N3O2. The van der Waals surface area contributed by atoms with Gasteiger partial charge in [-0.2, -0.15) is 0 Å². The molecule has 21 heavy (non-hydrogen) atoms. The number of hydrogen-bond acceptors (Lipinski definition) is 3. The van der Waals surface area contributed by atoms with Crippen LogP contribution in [0.3, 0.4) is 0 Å². The predicted octanol–water partition coefficient (Wildman–Crippen LogP) is 1.77. The van der Waals surface area contributed by atoms with Gasteiger partial charge in [-0.1, -0.05) is 34.1 Å². The Morgan fingerprint density at radius 3 is 2.14 bits per heavy atom. The van der Waals surface area contributed by atoms with Crippen LogP contribution >= 0.6 is 0 Å². The molecule has 0 aromatic heterocycles. The molecule has 0 aromatic carbocycles. The number of likely N-dealkylation sites (N-methyl/N-ethyl adjacent to an activating group) is 2. The molecule has 0 saturated heterocycles. The Morgan fingerprint density at radius 2 is 1.76 bits per heavy atom. The Balaban J connectivity index is 4.75. The standard InChI is InChI=1S/C16H33N3O2/c1-7-10-11-19(9-3)16(21)13(8-2)18-15(20)14(17-6)12(4)5/h12-14,17H,7-11H2,1-6H3,(H,18,20)/t13-,14-/m0/s1. The maximum atomic E-state index is 12.5. The SMILES string of the molecule is CCCCN(CC)C(=O)[C@H](CC)NC(=O)[C@@H](NC)C(C)C. The second-order valence-electron chi connectivity index (χ2n) is 5.75. The van der Waals surface area contributed by atoms with Crippen LogP contribution in [-0.2, 0) is 9.59 Å². The maximum Gasteiger partial charge on any atom is 0.245 e. The third-order valence-corrected chi connectivity index (χ3v) is 3.76. The smallest absolute Gasteiger partial charge is 0.245 e. The van der Waals surface area contributed by atoms with Gasteiger partial charge in [-0.25, -0.2) is 0 Å². The molecule has 5 nitrogen and oxygen atoms in total. The van der Waals surface area contributed by atoms with Crippen LogP contribution < -0.4 is 10.6 Å². The van der Waals surface area contributed by atoms with Crippen LogP contribution in [0.5, 0.6) is 0 Å². The Morgan fingerprint density at radius 1 is 1.14 bits per heavy atom. The first-order chi connectivity index (χ1) is 9.92. The zero-order chi connectivity index (χ0) is 16.4. The zero-order valence-corrected chi connectivity index (χ0v) is 14.5. The molecular weight excluding hydrogens is 266 g/mol. The van der Waals surface area contributed by atoms with Crippen LogP contribution in [0, 0.1) is 5.92 Å². The first-order valence-corrected chi connectivity index (χ1v) is 8.19. The summed E-state index contributed by atoms with van der Waals surface area (Å²) < 4.78 is 0. The van der Waals surface area contributed by atoms with E-state index in [2.05, 4.69) is 17.6 Å². The molecule has 0 fully saturated rings. The highest BCUT2D eigenvalue weighted by molar-refractivity contribution is 5.89. The number of nitrogens with zero attached hydrogens (tertiary/aromatic N) is 1. The molecule has 2 atom stereocenters. The van der Waals surface area contributed by atoms with E-state index in [0.717, 1.165) is 19.4 Å². The molecule has 0 unspecified atom stereocenters. The maximum absolute atomic E-state index is 12.5. The van der Waals surface area contributed by atoms with E-state index in [0.29, 0.717) is 13.0 Å². The van der Waals surface area contributed by atoms with Gasteiger partial charge in [-0.05, 0) is 32.7 Å². The monoisotopic (exact) mass is 299 g/mol. The molecule has 0 aliphatic heterocycles. The average Bonchev–Trinajstić information content (AvgIpc) is 2.45. The molecule has 0 aliphatic carbocycles. The van der Waals surface area contributed by atoms with Crippen molar-refractivity contribution in [2.75, 3.05) is 20.1 Å². The van der Waals surface area contributed by atoms with Crippen molar-refractivity contribution in [1.29, 1.82) is 0 Å². The predicted molar refractivity (Wildman–Crippen MR) is 87.1 cm³/mol. The molecule has 0 bridgehead atoms. The summed E-state index contributed by atoms with van der Waals surface area (Å²) in [4.78, 5) is 26.6. The number of amides is 2. The summed E-state index contributed by atoms with van der Waals surface area (Å²) in [5.74, 6) is 0.115. The molecule has 2 amide bonds. The zero-order valence-electron chi connectivity index (χ0n) is 14.5. The van der Waals surface area contributed by atoms with Crippen molar-refractivity contribution < 1.29 is 9.59 Å². The van der Waals surface area contributed by atoms with Crippen LogP contribution in [0.25, 0.3) is 0 Å². The molecule has 0 spiro atoms. The minimum atomic E-state index is -0.427. The van der Waals surface area contributed by atoms with Gasteiger partial charge in [0.25, 0.3) is 0 Å². The van der Waals surface area contributed by atoms with E-state index in [4.69, 9.17) is 0 Å². The van der Waals surface area contributed by atoms with Gasteiger partial charge in [-0.15, -0.1) is 0 Å². The normalized spacial score (nSPS) is 13.9. The number of carbonyl (C=O) groups is 2. The Hall–Kier alpha value is -1.10. The lowest BCUT2D eigenvalue weighted by Gasteiger charge is -2.28. The highest BCUT2D eigenvalue weighted by atomic mass is 16.2. The Kier molecular flexibility index (Phi) is 10.0. The van der Waals surface area contributed by atoms with Crippen molar-refractivity contribution >= 4 is 11.8 Å². The van der Waals surface area contributed by atoms with Crippen LogP contribution in [0.2, 0.25) is 0 Å². The number of carbonyl (C=O) groups excluding carboxylic acids is 2. The van der Waals surface area contributed by atoms with Gasteiger partial charge >= 0.3 is 0 Å². The first kappa shape index (κ1) is 19.9. The molecule has 5 heteroatoms. The van der Waals surface area contributed by atoms with Gasteiger partial charge < -0.3 is 15.5 Å². The fraction of sp³-hybridized carbons (Fsp3) is 0.875. The van der Waals surface area contributed by atoms with Gasteiger partial charge in [0.1, 0.15) is 6.04 Å². The van der Waals surface area contributed by atoms with E-state index in [1.165, 1.54) is 0 Å². The van der Waals surface area contributed by atoms with Gasteiger partial charge in [0, 0.05) is 13.1 Å². The molecule has 0 aliphatic rings. The van der Waals surface area contributed by atoms with Crippen molar-refractivity contribution in [1.82, 2.24) is 15.5 Å². The average molecular weight is 299 g/mol. The Labute approximate surface area is 129 Å². The van der Waals surface area contributed by atoms with Crippen LogP contribution in [0.4, 0.5) is 0 Å². The number of rotatable bonds is 10. The van der Waals surface area contributed by atoms with Crippen LogP contribution in [-0.4, -0.2) is 48.9 Å². The lowest BCUT2D eigenvalue weighted by atomic mass is 10.0. The van der Waals surface area contributed by atoms with Crippen molar-refractivity contribution in [3.8, 4) is 0 Å². The van der Waals surface area contributed by atoms with Crippen LogP contribution in [0.1, 0.15) is 53.9 Å². The van der Waals surface area contributed by atoms with Crippen molar-refractivity contribution in [2.24, 2.45) is 5.92 Å². The highest BCUT2D eigenvalue weighted by Gasteiger charge is 2.27. The third kappa shape index (κ3) is 6.46. The minimum Gasteiger partial charge on any atom is -0.343 e. The summed E-state index contributed by atoms with van der Waals surface area (Å²) >= 11 is 0. The van der Waals surface area contributed by atoms with E-state index < -0.39 is 6.04 Å². The van der Waals surface area contributed by atoms with E-state index in [9.17, 15) is 9.59 Å². The topological polar surface area (TPSA) is 61.4 Å². The fourth-order valence-electron chi connectivity index (χ4n) is 2.36. The largest absolute Gasteiger partial charge is 0.343 e. The lowest BCUT2D eigenvalue weighted by Crippen LogP contribution is -2.54. The summed E-state index contributed by atoms with van der Waals surface area (Å²) in [5, 5.41) is 5.91. The molecule has 0 heterocycles. The summed E-state index contributed by atoms with van der Waals surface area (Å²) in [5.41, 5.74) is 0. The highest BCUT2D eigenvalue weighted by Crippen LogP contribution is 2.05. The molecule has 0 saturated carbocycles. The minimum absolute atomic E-state index is 0.0282. The summed E-state index contributed by atoms with van der Waals surface area (Å²) in [7, 11) is 1.77. The van der Waals surface area contributed by atoms with Gasteiger partial charge in [0.05, 0.1) is 6.04 Å². The van der Waals surface area contributed by atoms with E-state index in [-0.39, 0.29) is 23.8 Å². The molecule has 124 valence electrons. The number of unbranched alkanes of at least 4 members (excludes halogenated alkanes) is 1. The van der Waals surface area contributed by atoms with Crippen molar-refractivity contribution in [3.05, 3.63) is 0 Å². The quantitative estimate of drug-likeness (QED) is 0.646. The second kappa shape index (κ2) is 10.6. The van der Waals surface area contributed by atoms with E-state index in [1.807, 2.05) is 32.6 Å². The number of hydrogen-bond donors (Lipinski definition) is 2. The molecule has 0 radical (unpaired) electrons. The van der Waals surface area contributed by atoms with Crippen molar-refractivity contribution in [2.45, 2.75) is 66.0 Å². The van der Waals surface area contributed by atoms with Gasteiger partial charge in [0.2, 0.25) is 11.8 Å². The van der Waals surface area contributed by atoms with Crippen molar-refractivity contribution in [3.63, 3.8) is 0 Å². The summed E-state index contributed by atoms with van der Waals surface area (Å²) in [6.07, 6.45) is 2.67. The Bertz CT molecular complexity index is 319. The summed E-state index contributed by atoms with van der Waals surface area (Å²) in [6.45, 7) is 11.4. The van der Waals surface area contributed by atoms with Crippen LogP contribution in [0.15, 0.2) is 0 Å². The molecule has 0 rings (SSSR count). The number of nitrogens with one attached hydrogen (secondary N) is 2. The second-order valence-corrected chi connectivity index (χ2v) is 5.75. The fourth-order valence-corrected chi connectivity index (χ4v) is 2.36.